The summed E-state index contributed by atoms with van der Waals surface area (Å²) < 4.78 is 0. The first-order chi connectivity index (χ1) is 25.3. The summed E-state index contributed by atoms with van der Waals surface area (Å²) in [5.41, 5.74) is 11.1. The number of hydrogen-bond donors (Lipinski definition) is 4. The highest BCUT2D eigenvalue weighted by molar-refractivity contribution is 6.07. The number of pyridine rings is 1. The van der Waals surface area contributed by atoms with Crippen molar-refractivity contribution >= 4 is 35.0 Å². The fourth-order valence-electron chi connectivity index (χ4n) is 7.94. The minimum absolute atomic E-state index is 0.0451. The van der Waals surface area contributed by atoms with Crippen LogP contribution in [0.25, 0.3) is 11.3 Å². The van der Waals surface area contributed by atoms with Crippen molar-refractivity contribution in [2.24, 2.45) is 11.1 Å². The quantitative estimate of drug-likeness (QED) is 0.240. The fourth-order valence-corrected chi connectivity index (χ4v) is 7.94. The third kappa shape index (κ3) is 7.79. The zero-order chi connectivity index (χ0) is 36.1. The molecule has 11 heteroatoms. The maximum Gasteiger partial charge on any atom is 0.251 e. The minimum atomic E-state index is -1.06. The number of nitrogens with one attached hydrogen (secondary N) is 3. The van der Waals surface area contributed by atoms with E-state index >= 15 is 0 Å². The van der Waals surface area contributed by atoms with Gasteiger partial charge in [0.05, 0.1) is 29.4 Å². The number of rotatable bonds is 10. The molecule has 11 nitrogen and oxygen atoms in total. The van der Waals surface area contributed by atoms with Crippen molar-refractivity contribution in [3.8, 4) is 11.3 Å². The second kappa shape index (κ2) is 15.5. The Morgan fingerprint density at radius 2 is 1.83 bits per heavy atom. The van der Waals surface area contributed by atoms with Crippen LogP contribution in [0.4, 0.5) is 11.4 Å². The van der Waals surface area contributed by atoms with Crippen LogP contribution in [0.5, 0.6) is 0 Å². The monoisotopic (exact) mass is 701 g/mol. The molecule has 4 amide bonds. The molecule has 0 saturated carbocycles. The van der Waals surface area contributed by atoms with Crippen LogP contribution in [0.3, 0.4) is 0 Å². The number of piperidine rings is 1. The Balaban J connectivity index is 1.13. The van der Waals surface area contributed by atoms with E-state index in [1.807, 2.05) is 35.2 Å². The van der Waals surface area contributed by atoms with Gasteiger partial charge in [-0.25, -0.2) is 0 Å². The van der Waals surface area contributed by atoms with E-state index < -0.39 is 11.3 Å². The third-order valence-electron chi connectivity index (χ3n) is 10.9. The van der Waals surface area contributed by atoms with Gasteiger partial charge in [0, 0.05) is 61.3 Å². The predicted octanol–water partition coefficient (Wildman–Crippen LogP) is 4.66. The lowest BCUT2D eigenvalue weighted by Gasteiger charge is -2.34. The van der Waals surface area contributed by atoms with Crippen LogP contribution in [0.15, 0.2) is 84.6 Å². The molecule has 2 aliphatic carbocycles. The maximum atomic E-state index is 14.0. The molecule has 52 heavy (non-hydrogen) atoms. The van der Waals surface area contributed by atoms with Crippen LogP contribution in [-0.2, 0) is 20.8 Å². The Kier molecular flexibility index (Phi) is 10.5. The number of aryl methyl sites for hydroxylation is 1. The number of carbonyl (C=O) groups is 4. The van der Waals surface area contributed by atoms with E-state index in [4.69, 9.17) is 10.7 Å². The average molecular weight is 702 g/mol. The summed E-state index contributed by atoms with van der Waals surface area (Å²) in [5.74, 6) is -1.07. The van der Waals surface area contributed by atoms with Gasteiger partial charge in [-0.3, -0.25) is 29.1 Å². The molecule has 4 aliphatic rings. The number of allylic oxidation sites excluding steroid dienone is 2. The number of benzene rings is 2. The van der Waals surface area contributed by atoms with Crippen molar-refractivity contribution in [3.63, 3.8) is 0 Å². The number of piperazine rings is 1. The largest absolute Gasteiger partial charge is 0.372 e. The van der Waals surface area contributed by atoms with Gasteiger partial charge in [-0.05, 0) is 92.8 Å². The number of hydrogen-bond acceptors (Lipinski definition) is 7. The van der Waals surface area contributed by atoms with Crippen molar-refractivity contribution in [3.05, 3.63) is 101 Å². The maximum absolute atomic E-state index is 14.0. The SMILES string of the molecule is NC(=O)C1(CCN2CCNC(=O)C2)C=CC=C(C(=O)Nc2ccc(N3CCCCC3)cc2-c2cc(C(=O)NC3CCCc4ccccc43)ccn2)C1. The van der Waals surface area contributed by atoms with Gasteiger partial charge in [0.15, 0.2) is 0 Å². The number of fused-ring (bicyclic) bond motifs is 1. The van der Waals surface area contributed by atoms with E-state index in [1.165, 1.54) is 17.5 Å². The zero-order valence-electron chi connectivity index (χ0n) is 29.5. The van der Waals surface area contributed by atoms with Crippen LogP contribution in [0.2, 0.25) is 0 Å². The number of primary amides is 1. The number of amides is 4. The summed E-state index contributed by atoms with van der Waals surface area (Å²) in [6.07, 6.45) is 13.7. The van der Waals surface area contributed by atoms with Gasteiger partial charge in [-0.2, -0.15) is 0 Å². The highest BCUT2D eigenvalue weighted by Gasteiger charge is 2.38. The Morgan fingerprint density at radius 3 is 2.65 bits per heavy atom. The topological polar surface area (TPSA) is 150 Å². The van der Waals surface area contributed by atoms with E-state index in [9.17, 15) is 19.2 Å². The van der Waals surface area contributed by atoms with Crippen LogP contribution >= 0.6 is 0 Å². The molecule has 7 rings (SSSR count). The van der Waals surface area contributed by atoms with Crippen molar-refractivity contribution in [1.29, 1.82) is 0 Å². The molecule has 2 unspecified atom stereocenters. The molecule has 1 aromatic heterocycles. The summed E-state index contributed by atoms with van der Waals surface area (Å²) in [7, 11) is 0. The second-order valence-electron chi connectivity index (χ2n) is 14.4. The molecule has 2 aliphatic heterocycles. The van der Waals surface area contributed by atoms with E-state index in [-0.39, 0.29) is 36.7 Å². The van der Waals surface area contributed by atoms with Crippen molar-refractivity contribution in [1.82, 2.24) is 20.5 Å². The van der Waals surface area contributed by atoms with Gasteiger partial charge in [-0.1, -0.05) is 42.5 Å². The van der Waals surface area contributed by atoms with Crippen LogP contribution in [0.1, 0.15) is 72.5 Å². The van der Waals surface area contributed by atoms with Crippen LogP contribution in [-0.4, -0.2) is 72.8 Å². The van der Waals surface area contributed by atoms with E-state index in [0.717, 1.165) is 50.9 Å². The molecule has 0 bridgehead atoms. The Bertz CT molecular complexity index is 1920. The van der Waals surface area contributed by atoms with Crippen molar-refractivity contribution < 1.29 is 19.2 Å². The molecule has 3 heterocycles. The number of nitrogens with two attached hydrogens (primary N) is 1. The Morgan fingerprint density at radius 1 is 0.981 bits per heavy atom. The molecule has 2 fully saturated rings. The van der Waals surface area contributed by atoms with Gasteiger partial charge in [0.2, 0.25) is 11.8 Å². The van der Waals surface area contributed by atoms with E-state index in [1.54, 1.807) is 36.6 Å². The predicted molar refractivity (Wildman–Crippen MR) is 201 cm³/mol. The summed E-state index contributed by atoms with van der Waals surface area (Å²) in [6.45, 7) is 3.90. The van der Waals surface area contributed by atoms with Crippen molar-refractivity contribution in [2.45, 2.75) is 57.4 Å². The number of nitrogens with zero attached hydrogens (tertiary/aromatic N) is 3. The molecule has 2 aromatic carbocycles. The van der Waals surface area contributed by atoms with Crippen LogP contribution < -0.4 is 26.6 Å². The lowest BCUT2D eigenvalue weighted by molar-refractivity contribution is -0.126. The molecule has 270 valence electrons. The summed E-state index contributed by atoms with van der Waals surface area (Å²) in [4.78, 5) is 61.5. The van der Waals surface area contributed by atoms with E-state index in [2.05, 4.69) is 33.0 Å². The Hall–Kier alpha value is -5.29. The Labute approximate surface area is 304 Å². The first-order valence-corrected chi connectivity index (χ1v) is 18.5. The van der Waals surface area contributed by atoms with E-state index in [0.29, 0.717) is 54.1 Å². The van der Waals surface area contributed by atoms with Gasteiger partial charge in [-0.15, -0.1) is 0 Å². The molecule has 0 radical (unpaired) electrons. The first kappa shape index (κ1) is 35.1. The second-order valence-corrected chi connectivity index (χ2v) is 14.4. The molecule has 3 aromatic rings. The normalized spacial score (nSPS) is 21.8. The third-order valence-corrected chi connectivity index (χ3v) is 10.9. The molecule has 5 N–H and O–H groups in total. The summed E-state index contributed by atoms with van der Waals surface area (Å²) in [6, 6.07) is 17.7. The summed E-state index contributed by atoms with van der Waals surface area (Å²) >= 11 is 0. The molecular formula is C41H47N7O4. The minimum Gasteiger partial charge on any atom is -0.372 e. The van der Waals surface area contributed by atoms with Gasteiger partial charge >= 0.3 is 0 Å². The molecule has 0 spiro atoms. The van der Waals surface area contributed by atoms with Crippen molar-refractivity contribution in [2.75, 3.05) is 49.5 Å². The smallest absolute Gasteiger partial charge is 0.251 e. The lowest BCUT2D eigenvalue weighted by Crippen LogP contribution is -2.49. The van der Waals surface area contributed by atoms with Crippen LogP contribution in [0, 0.1) is 5.41 Å². The fraction of sp³-hybridized carbons (Fsp3) is 0.390. The summed E-state index contributed by atoms with van der Waals surface area (Å²) in [5, 5.41) is 9.18. The highest BCUT2D eigenvalue weighted by Crippen LogP contribution is 2.38. The number of carbonyl (C=O) groups excluding carboxylic acids is 4. The molecule has 2 atom stereocenters. The zero-order valence-corrected chi connectivity index (χ0v) is 29.5. The standard InChI is InChI=1S/C41H47N7O4/c42-40(52)41(17-22-47-23-19-44-37(49)27-47)16-7-10-30(26-41)39(51)46-35-14-13-31(48-20-4-1-5-21-48)25-33(35)36-24-29(15-18-43-36)38(50)45-34-12-6-9-28-8-2-3-11-32(28)34/h2-3,7-8,10-11,13-16,18,24-25,34H,1,4-6,9,12,17,19-23,26-27H2,(H2,42,52)(H,44,49)(H,45,50)(H,46,51). The van der Waals surface area contributed by atoms with Gasteiger partial charge < -0.3 is 26.6 Å². The average Bonchev–Trinajstić information content (AvgIpc) is 3.18. The lowest BCUT2D eigenvalue weighted by atomic mass is 9.74. The first-order valence-electron chi connectivity index (χ1n) is 18.5. The number of aromatic nitrogens is 1. The van der Waals surface area contributed by atoms with Gasteiger partial charge in [0.1, 0.15) is 0 Å². The van der Waals surface area contributed by atoms with Gasteiger partial charge in [0.25, 0.3) is 11.8 Å². The highest BCUT2D eigenvalue weighted by atomic mass is 16.2. The molecule has 2 saturated heterocycles. The number of anilines is 2. The molecular weight excluding hydrogens is 654 g/mol.